The van der Waals surface area contributed by atoms with Crippen molar-refractivity contribution in [3.8, 4) is 5.88 Å². The standard InChI is InChI=1S/C11H18N4O3/c1-12-10-6-5-9(15(16)17)11(13-10)18-8-4-7-14(2)3/h5-6H,4,7-8H2,1-3H3,(H,12,13). The van der Waals surface area contributed by atoms with Gasteiger partial charge in [0.1, 0.15) is 5.82 Å². The third-order valence-electron chi connectivity index (χ3n) is 2.28. The normalized spacial score (nSPS) is 10.4. The van der Waals surface area contributed by atoms with Crippen LogP contribution in [0, 0.1) is 10.1 Å². The van der Waals surface area contributed by atoms with Crippen molar-refractivity contribution in [2.75, 3.05) is 39.6 Å². The van der Waals surface area contributed by atoms with E-state index in [4.69, 9.17) is 4.74 Å². The molecule has 0 aliphatic heterocycles. The molecule has 1 aromatic heterocycles. The summed E-state index contributed by atoms with van der Waals surface area (Å²) in [5.41, 5.74) is -0.112. The summed E-state index contributed by atoms with van der Waals surface area (Å²) >= 11 is 0. The van der Waals surface area contributed by atoms with Gasteiger partial charge in [-0.15, -0.1) is 0 Å². The maximum absolute atomic E-state index is 10.8. The SMILES string of the molecule is CNc1ccc([N+](=O)[O-])c(OCCCN(C)C)n1. The number of hydrogen-bond donors (Lipinski definition) is 1. The van der Waals surface area contributed by atoms with Crippen LogP contribution in [0.5, 0.6) is 5.88 Å². The molecule has 0 bridgehead atoms. The lowest BCUT2D eigenvalue weighted by molar-refractivity contribution is -0.386. The van der Waals surface area contributed by atoms with Crippen molar-refractivity contribution in [2.45, 2.75) is 6.42 Å². The van der Waals surface area contributed by atoms with E-state index in [1.54, 1.807) is 13.1 Å². The molecule has 0 aromatic carbocycles. The van der Waals surface area contributed by atoms with E-state index in [2.05, 4.69) is 10.3 Å². The van der Waals surface area contributed by atoms with E-state index in [9.17, 15) is 10.1 Å². The van der Waals surface area contributed by atoms with Crippen molar-refractivity contribution in [3.05, 3.63) is 22.2 Å². The molecule has 1 heterocycles. The van der Waals surface area contributed by atoms with Crippen molar-refractivity contribution in [1.29, 1.82) is 0 Å². The van der Waals surface area contributed by atoms with Crippen molar-refractivity contribution in [2.24, 2.45) is 0 Å². The minimum atomic E-state index is -0.492. The molecule has 0 fully saturated rings. The quantitative estimate of drug-likeness (QED) is 0.449. The zero-order valence-corrected chi connectivity index (χ0v) is 10.8. The molecule has 0 atom stereocenters. The Morgan fingerprint density at radius 1 is 1.50 bits per heavy atom. The monoisotopic (exact) mass is 254 g/mol. The van der Waals surface area contributed by atoms with E-state index in [1.165, 1.54) is 6.07 Å². The number of anilines is 1. The van der Waals surface area contributed by atoms with Crippen molar-refractivity contribution in [3.63, 3.8) is 0 Å². The van der Waals surface area contributed by atoms with Crippen LogP contribution in [0.25, 0.3) is 0 Å². The topological polar surface area (TPSA) is 80.5 Å². The van der Waals surface area contributed by atoms with E-state index >= 15 is 0 Å². The van der Waals surface area contributed by atoms with E-state index in [0.717, 1.165) is 13.0 Å². The fraction of sp³-hybridized carbons (Fsp3) is 0.545. The summed E-state index contributed by atoms with van der Waals surface area (Å²) in [6.45, 7) is 1.26. The van der Waals surface area contributed by atoms with Gasteiger partial charge < -0.3 is 15.0 Å². The lowest BCUT2D eigenvalue weighted by Crippen LogP contribution is -2.16. The number of nitrogens with one attached hydrogen (secondary N) is 1. The molecular weight excluding hydrogens is 236 g/mol. The predicted molar refractivity (Wildman–Crippen MR) is 69.1 cm³/mol. The molecule has 7 nitrogen and oxygen atoms in total. The van der Waals surface area contributed by atoms with Crippen LogP contribution in [0.1, 0.15) is 6.42 Å². The lowest BCUT2D eigenvalue weighted by atomic mass is 10.4. The molecule has 1 rings (SSSR count). The second kappa shape index (κ2) is 6.75. The molecule has 0 saturated heterocycles. The van der Waals surface area contributed by atoms with Gasteiger partial charge in [0.2, 0.25) is 0 Å². The molecule has 7 heteroatoms. The summed E-state index contributed by atoms with van der Waals surface area (Å²) < 4.78 is 5.37. The molecule has 0 aliphatic carbocycles. The van der Waals surface area contributed by atoms with E-state index in [-0.39, 0.29) is 11.6 Å². The first kappa shape index (κ1) is 14.2. The van der Waals surface area contributed by atoms with Crippen LogP contribution >= 0.6 is 0 Å². The Morgan fingerprint density at radius 2 is 2.22 bits per heavy atom. The Labute approximate surface area is 106 Å². The number of nitro groups is 1. The third kappa shape index (κ3) is 4.17. The minimum absolute atomic E-state index is 0.0607. The molecule has 1 aromatic rings. The largest absolute Gasteiger partial charge is 0.473 e. The van der Waals surface area contributed by atoms with Gasteiger partial charge in [0, 0.05) is 19.7 Å². The molecule has 1 N–H and O–H groups in total. The first-order valence-electron chi connectivity index (χ1n) is 5.65. The Hall–Kier alpha value is -1.89. The Kier molecular flexibility index (Phi) is 5.31. The molecular formula is C11H18N4O3. The molecule has 0 radical (unpaired) electrons. The molecule has 18 heavy (non-hydrogen) atoms. The van der Waals surface area contributed by atoms with Crippen LogP contribution in [0.4, 0.5) is 11.5 Å². The number of pyridine rings is 1. The maximum atomic E-state index is 10.8. The molecule has 0 amide bonds. The molecule has 100 valence electrons. The van der Waals surface area contributed by atoms with Crippen LogP contribution in [-0.4, -0.2) is 49.1 Å². The van der Waals surface area contributed by atoms with Gasteiger partial charge in [0.25, 0.3) is 5.88 Å². The lowest BCUT2D eigenvalue weighted by Gasteiger charge is -2.10. The predicted octanol–water partition coefficient (Wildman–Crippen LogP) is 1.36. The van der Waals surface area contributed by atoms with Gasteiger partial charge in [0.15, 0.2) is 0 Å². The summed E-state index contributed by atoms with van der Waals surface area (Å²) in [6, 6.07) is 2.94. The zero-order chi connectivity index (χ0) is 13.5. The zero-order valence-electron chi connectivity index (χ0n) is 10.8. The second-order valence-electron chi connectivity index (χ2n) is 4.03. The number of nitrogens with zero attached hydrogens (tertiary/aromatic N) is 3. The highest BCUT2D eigenvalue weighted by atomic mass is 16.6. The van der Waals surface area contributed by atoms with Crippen LogP contribution in [0.15, 0.2) is 12.1 Å². The van der Waals surface area contributed by atoms with Gasteiger partial charge in [-0.1, -0.05) is 0 Å². The van der Waals surface area contributed by atoms with Gasteiger partial charge in [-0.2, -0.15) is 4.98 Å². The summed E-state index contributed by atoms with van der Waals surface area (Å²) in [7, 11) is 5.62. The number of ether oxygens (including phenoxy) is 1. The van der Waals surface area contributed by atoms with Gasteiger partial charge in [-0.3, -0.25) is 10.1 Å². The third-order valence-corrected chi connectivity index (χ3v) is 2.28. The van der Waals surface area contributed by atoms with Gasteiger partial charge in [0.05, 0.1) is 11.5 Å². The molecule has 0 aliphatic rings. The smallest absolute Gasteiger partial charge is 0.331 e. The number of hydrogen-bond acceptors (Lipinski definition) is 6. The summed E-state index contributed by atoms with van der Waals surface area (Å²) in [5.74, 6) is 0.605. The number of aromatic nitrogens is 1. The fourth-order valence-corrected chi connectivity index (χ4v) is 1.37. The van der Waals surface area contributed by atoms with Gasteiger partial charge >= 0.3 is 5.69 Å². The molecule has 0 unspecified atom stereocenters. The Bertz CT molecular complexity index is 409. The van der Waals surface area contributed by atoms with E-state index in [1.807, 2.05) is 19.0 Å². The first-order chi connectivity index (χ1) is 8.54. The van der Waals surface area contributed by atoms with Crippen molar-refractivity contribution in [1.82, 2.24) is 9.88 Å². The maximum Gasteiger partial charge on any atom is 0.331 e. The summed E-state index contributed by atoms with van der Waals surface area (Å²) in [6.07, 6.45) is 0.787. The Morgan fingerprint density at radius 3 is 2.78 bits per heavy atom. The fourth-order valence-electron chi connectivity index (χ4n) is 1.37. The molecule has 0 saturated carbocycles. The van der Waals surface area contributed by atoms with Gasteiger partial charge in [-0.25, -0.2) is 0 Å². The van der Waals surface area contributed by atoms with Crippen molar-refractivity contribution >= 4 is 11.5 Å². The van der Waals surface area contributed by atoms with Crippen LogP contribution in [0.2, 0.25) is 0 Å². The molecule has 0 spiro atoms. The minimum Gasteiger partial charge on any atom is -0.473 e. The first-order valence-corrected chi connectivity index (χ1v) is 5.65. The summed E-state index contributed by atoms with van der Waals surface area (Å²) in [4.78, 5) is 16.4. The second-order valence-corrected chi connectivity index (χ2v) is 4.03. The highest BCUT2D eigenvalue weighted by Crippen LogP contribution is 2.26. The van der Waals surface area contributed by atoms with Crippen LogP contribution < -0.4 is 10.1 Å². The van der Waals surface area contributed by atoms with Crippen LogP contribution in [-0.2, 0) is 0 Å². The average molecular weight is 254 g/mol. The highest BCUT2D eigenvalue weighted by molar-refractivity contribution is 5.48. The summed E-state index contributed by atoms with van der Waals surface area (Å²) in [5, 5.41) is 13.6. The number of rotatable bonds is 7. The highest BCUT2D eigenvalue weighted by Gasteiger charge is 2.17. The van der Waals surface area contributed by atoms with Crippen molar-refractivity contribution < 1.29 is 9.66 Å². The van der Waals surface area contributed by atoms with E-state index < -0.39 is 4.92 Å². The van der Waals surface area contributed by atoms with Crippen LogP contribution in [0.3, 0.4) is 0 Å². The van der Waals surface area contributed by atoms with E-state index in [0.29, 0.717) is 12.4 Å². The Balaban J connectivity index is 2.69. The average Bonchev–Trinajstić information content (AvgIpc) is 2.33. The van der Waals surface area contributed by atoms with Gasteiger partial charge in [-0.05, 0) is 26.6 Å².